The molecule has 4 rings (SSSR count). The van der Waals surface area contributed by atoms with Crippen LogP contribution >= 0.6 is 0 Å². The first-order valence-electron chi connectivity index (χ1n) is 9.31. The Balaban J connectivity index is 1.31. The van der Waals surface area contributed by atoms with E-state index >= 15 is 0 Å². The topological polar surface area (TPSA) is 50.8 Å². The molecule has 0 bridgehead atoms. The summed E-state index contributed by atoms with van der Waals surface area (Å²) in [6.07, 6.45) is 3.62. The first-order valence-corrected chi connectivity index (χ1v) is 9.31. The summed E-state index contributed by atoms with van der Waals surface area (Å²) >= 11 is 0. The number of nitrogens with one attached hydrogen (secondary N) is 1. The maximum Gasteiger partial charge on any atom is 0.251 e. The lowest BCUT2D eigenvalue weighted by molar-refractivity contribution is 0.0789. The van der Waals surface area contributed by atoms with Crippen LogP contribution in [0.5, 0.6) is 11.5 Å². The Labute approximate surface area is 153 Å². The standard InChI is InChI=1S/C21H24N2O3/c24-21(16-8-10-17(11-9-16)23-12-4-1-5-13-23)22-14-18-15-25-19-6-2-3-7-20(19)26-18/h2-3,6-11,18H,1,4-5,12-15H2,(H,22,24)/t18-/m0/s1. The first-order chi connectivity index (χ1) is 12.8. The molecule has 2 aromatic carbocycles. The molecule has 0 aliphatic carbocycles. The smallest absolute Gasteiger partial charge is 0.251 e. The van der Waals surface area contributed by atoms with Gasteiger partial charge in [0.2, 0.25) is 0 Å². The van der Waals surface area contributed by atoms with Crippen LogP contribution in [0.15, 0.2) is 48.5 Å². The third kappa shape index (κ3) is 3.77. The van der Waals surface area contributed by atoms with Crippen LogP contribution in [-0.4, -0.2) is 38.3 Å². The average molecular weight is 352 g/mol. The van der Waals surface area contributed by atoms with Crippen molar-refractivity contribution in [2.75, 3.05) is 31.1 Å². The zero-order chi connectivity index (χ0) is 17.8. The van der Waals surface area contributed by atoms with Crippen molar-refractivity contribution in [1.29, 1.82) is 0 Å². The van der Waals surface area contributed by atoms with Gasteiger partial charge >= 0.3 is 0 Å². The fourth-order valence-corrected chi connectivity index (χ4v) is 3.45. The molecule has 1 N–H and O–H groups in total. The molecule has 0 radical (unpaired) electrons. The predicted molar refractivity (Wildman–Crippen MR) is 101 cm³/mol. The zero-order valence-corrected chi connectivity index (χ0v) is 14.8. The number of carbonyl (C=O) groups is 1. The Hall–Kier alpha value is -2.69. The molecule has 0 saturated carbocycles. The number of nitrogens with zero attached hydrogens (tertiary/aromatic N) is 1. The lowest BCUT2D eigenvalue weighted by Gasteiger charge is -2.29. The zero-order valence-electron chi connectivity index (χ0n) is 14.8. The van der Waals surface area contributed by atoms with Crippen molar-refractivity contribution in [3.8, 4) is 11.5 Å². The number of hydrogen-bond acceptors (Lipinski definition) is 4. The Bertz CT molecular complexity index is 754. The van der Waals surface area contributed by atoms with E-state index in [1.165, 1.54) is 24.9 Å². The van der Waals surface area contributed by atoms with E-state index in [9.17, 15) is 4.79 Å². The highest BCUT2D eigenvalue weighted by Crippen LogP contribution is 2.30. The summed E-state index contributed by atoms with van der Waals surface area (Å²) in [6, 6.07) is 15.5. The highest BCUT2D eigenvalue weighted by molar-refractivity contribution is 5.94. The number of hydrogen-bond donors (Lipinski definition) is 1. The van der Waals surface area contributed by atoms with Crippen LogP contribution in [-0.2, 0) is 0 Å². The van der Waals surface area contributed by atoms with Gasteiger partial charge in [-0.1, -0.05) is 12.1 Å². The summed E-state index contributed by atoms with van der Waals surface area (Å²) in [5, 5.41) is 2.94. The molecule has 26 heavy (non-hydrogen) atoms. The van der Waals surface area contributed by atoms with Gasteiger partial charge in [0.1, 0.15) is 12.7 Å². The number of benzene rings is 2. The normalized spacial score (nSPS) is 19.1. The number of carbonyl (C=O) groups excluding carboxylic acids is 1. The molecule has 5 heteroatoms. The second kappa shape index (κ2) is 7.68. The fraction of sp³-hybridized carbons (Fsp3) is 0.381. The Kier molecular flexibility index (Phi) is 4.95. The van der Waals surface area contributed by atoms with Gasteiger partial charge in [-0.15, -0.1) is 0 Å². The van der Waals surface area contributed by atoms with Crippen molar-refractivity contribution in [3.05, 3.63) is 54.1 Å². The van der Waals surface area contributed by atoms with E-state index in [4.69, 9.17) is 9.47 Å². The minimum Gasteiger partial charge on any atom is -0.486 e. The van der Waals surface area contributed by atoms with Gasteiger partial charge < -0.3 is 19.7 Å². The van der Waals surface area contributed by atoms with Crippen molar-refractivity contribution in [2.45, 2.75) is 25.4 Å². The van der Waals surface area contributed by atoms with Gasteiger partial charge in [0, 0.05) is 24.3 Å². The fourth-order valence-electron chi connectivity index (χ4n) is 3.45. The second-order valence-electron chi connectivity index (χ2n) is 6.80. The minimum atomic E-state index is -0.179. The second-order valence-corrected chi connectivity index (χ2v) is 6.80. The van der Waals surface area contributed by atoms with Crippen molar-refractivity contribution >= 4 is 11.6 Å². The highest BCUT2D eigenvalue weighted by atomic mass is 16.6. The number of anilines is 1. The van der Waals surface area contributed by atoms with Crippen LogP contribution in [0.1, 0.15) is 29.6 Å². The van der Waals surface area contributed by atoms with Gasteiger partial charge in [0.15, 0.2) is 11.5 Å². The molecule has 1 fully saturated rings. The Morgan fingerprint density at radius 2 is 1.73 bits per heavy atom. The van der Waals surface area contributed by atoms with Crippen LogP contribution in [0.25, 0.3) is 0 Å². The molecule has 0 spiro atoms. The lowest BCUT2D eigenvalue weighted by Crippen LogP contribution is -2.40. The van der Waals surface area contributed by atoms with Crippen LogP contribution < -0.4 is 19.7 Å². The van der Waals surface area contributed by atoms with Gasteiger partial charge in [0.25, 0.3) is 5.91 Å². The van der Waals surface area contributed by atoms with E-state index in [0.29, 0.717) is 18.7 Å². The number of piperidine rings is 1. The van der Waals surface area contributed by atoms with Crippen LogP contribution in [0.3, 0.4) is 0 Å². The number of amides is 1. The largest absolute Gasteiger partial charge is 0.486 e. The molecule has 5 nitrogen and oxygen atoms in total. The van der Waals surface area contributed by atoms with E-state index < -0.39 is 0 Å². The molecule has 1 atom stereocenters. The van der Waals surface area contributed by atoms with Gasteiger partial charge in [-0.25, -0.2) is 0 Å². The van der Waals surface area contributed by atoms with Crippen molar-refractivity contribution in [3.63, 3.8) is 0 Å². The SMILES string of the molecule is O=C(NC[C@H]1COc2ccccc2O1)c1ccc(N2CCCCC2)cc1. The predicted octanol–water partition coefficient (Wildman–Crippen LogP) is 3.25. The van der Waals surface area contributed by atoms with Gasteiger partial charge in [-0.05, 0) is 55.7 Å². The van der Waals surface area contributed by atoms with E-state index in [2.05, 4.69) is 10.2 Å². The molecule has 136 valence electrons. The van der Waals surface area contributed by atoms with E-state index in [1.54, 1.807) is 0 Å². The van der Waals surface area contributed by atoms with E-state index in [1.807, 2.05) is 48.5 Å². The maximum atomic E-state index is 12.4. The van der Waals surface area contributed by atoms with Crippen LogP contribution in [0.4, 0.5) is 5.69 Å². The summed E-state index contributed by atoms with van der Waals surface area (Å²) in [5.41, 5.74) is 1.87. The first kappa shape index (κ1) is 16.8. The molecule has 1 amide bonds. The summed E-state index contributed by atoms with van der Waals surface area (Å²) in [6.45, 7) is 3.06. The van der Waals surface area contributed by atoms with Crippen LogP contribution in [0, 0.1) is 0 Å². The molecule has 2 aliphatic rings. The summed E-state index contributed by atoms with van der Waals surface area (Å²) in [5.74, 6) is 1.39. The number of para-hydroxylation sites is 2. The molecule has 2 heterocycles. The van der Waals surface area contributed by atoms with Gasteiger partial charge in [-0.3, -0.25) is 4.79 Å². The molecule has 0 aromatic heterocycles. The van der Waals surface area contributed by atoms with Crippen LogP contribution in [0.2, 0.25) is 0 Å². The lowest BCUT2D eigenvalue weighted by atomic mass is 10.1. The summed E-state index contributed by atoms with van der Waals surface area (Å²) in [4.78, 5) is 14.8. The van der Waals surface area contributed by atoms with E-state index in [0.717, 1.165) is 24.6 Å². The number of fused-ring (bicyclic) bond motifs is 1. The van der Waals surface area contributed by atoms with Gasteiger partial charge in [0.05, 0.1) is 6.54 Å². The molecule has 2 aliphatic heterocycles. The van der Waals surface area contributed by atoms with Crippen molar-refractivity contribution in [1.82, 2.24) is 5.32 Å². The molecular weight excluding hydrogens is 328 g/mol. The van der Waals surface area contributed by atoms with Gasteiger partial charge in [-0.2, -0.15) is 0 Å². The molecular formula is C21H24N2O3. The summed E-state index contributed by atoms with van der Waals surface area (Å²) in [7, 11) is 0. The number of ether oxygens (including phenoxy) is 2. The monoisotopic (exact) mass is 352 g/mol. The third-order valence-electron chi connectivity index (χ3n) is 4.91. The Morgan fingerprint density at radius 3 is 2.50 bits per heavy atom. The average Bonchev–Trinajstić information content (AvgIpc) is 2.72. The number of rotatable bonds is 4. The Morgan fingerprint density at radius 1 is 1.00 bits per heavy atom. The molecule has 2 aromatic rings. The highest BCUT2D eigenvalue weighted by Gasteiger charge is 2.21. The minimum absolute atomic E-state index is 0.0855. The maximum absolute atomic E-state index is 12.4. The summed E-state index contributed by atoms with van der Waals surface area (Å²) < 4.78 is 11.5. The molecule has 1 saturated heterocycles. The quantitative estimate of drug-likeness (QED) is 0.918. The van der Waals surface area contributed by atoms with E-state index in [-0.39, 0.29) is 12.0 Å². The van der Waals surface area contributed by atoms with Crippen molar-refractivity contribution < 1.29 is 14.3 Å². The molecule has 0 unspecified atom stereocenters. The van der Waals surface area contributed by atoms with Crippen molar-refractivity contribution in [2.24, 2.45) is 0 Å². The third-order valence-corrected chi connectivity index (χ3v) is 4.91.